The SMILES string of the molecule is CCCCCOCCOCC(=O)C[C@H](C(=O)N1C[C@H](O)C[C@H]1C(=O)NCc1ccc(-c2scnc2C)cc1)C(C)(C)C.COCCCCCOCCOCCOc1ccc(N2C(=S)N(c3ccc(C#N)c(C(F)(F)F)c3)C(=O)C2(C)C)cc1. The largest absolute Gasteiger partial charge is 0.491 e. The van der Waals surface area contributed by atoms with Gasteiger partial charge in [0.1, 0.15) is 30.5 Å². The van der Waals surface area contributed by atoms with E-state index in [0.717, 1.165) is 83.9 Å². The summed E-state index contributed by atoms with van der Waals surface area (Å²) in [5, 5.41) is 22.5. The lowest BCUT2D eigenvalue weighted by Crippen LogP contribution is -2.50. The molecule has 454 valence electrons. The number of aliphatic hydroxyl groups is 1. The Morgan fingerprint density at radius 3 is 2.08 bits per heavy atom. The van der Waals surface area contributed by atoms with E-state index in [9.17, 15) is 37.5 Å². The van der Waals surface area contributed by atoms with E-state index in [2.05, 4.69) is 17.2 Å². The predicted octanol–water partition coefficient (Wildman–Crippen LogP) is 10.3. The van der Waals surface area contributed by atoms with E-state index in [-0.39, 0.29) is 54.4 Å². The number of nitriles is 1. The molecule has 0 aliphatic carbocycles. The standard InChI is InChI=1S/C32H47N3O6S.C29H34F3N3O5S/c1-6-7-8-13-40-14-15-41-20-26(37)16-27(32(3,4)5)31(39)35-19-25(36)17-28(35)30(38)33-18-23-9-11-24(12-10-23)29-22(2)34-21-42-29;1-28(2)26(36)34(23-8-7-21(20-33)25(19-23)29(30,31)32)27(41)35(28)22-9-11-24(12-10-22)40-18-17-39-16-15-38-14-6-4-5-13-37-3/h9-12,21,25,27-28,36H,6-8,13-20H2,1-5H3,(H,33,38);7-12,19H,4-6,13-18H2,1-3H3/t25-,27-,28+;/m1./s1. The topological polar surface area (TPSA) is 202 Å². The molecule has 2 aliphatic heterocycles. The van der Waals surface area contributed by atoms with Gasteiger partial charge in [0.2, 0.25) is 11.8 Å². The average Bonchev–Trinajstić information content (AvgIpc) is 2.26. The molecule has 2 N–H and O–H groups in total. The number of methoxy groups -OCH3 is 1. The number of ether oxygens (including phenoxy) is 6. The van der Waals surface area contributed by atoms with Gasteiger partial charge in [-0.1, -0.05) is 64.8 Å². The summed E-state index contributed by atoms with van der Waals surface area (Å²) in [6.45, 7) is 18.0. The van der Waals surface area contributed by atoms with Gasteiger partial charge in [-0.25, -0.2) is 4.98 Å². The molecule has 2 fully saturated rings. The first kappa shape index (κ1) is 67.9. The smallest absolute Gasteiger partial charge is 0.417 e. The summed E-state index contributed by atoms with van der Waals surface area (Å²) in [4.78, 5) is 62.6. The lowest BCUT2D eigenvalue weighted by atomic mass is 9.77. The molecule has 0 bridgehead atoms. The molecule has 83 heavy (non-hydrogen) atoms. The summed E-state index contributed by atoms with van der Waals surface area (Å²) in [5.41, 5.74) is 1.95. The number of ketones is 1. The number of rotatable bonds is 31. The third kappa shape index (κ3) is 20.1. The lowest BCUT2D eigenvalue weighted by Gasteiger charge is -2.34. The molecule has 2 aliphatic rings. The van der Waals surface area contributed by atoms with E-state index >= 15 is 0 Å². The van der Waals surface area contributed by atoms with Crippen molar-refractivity contribution < 1.29 is 65.9 Å². The molecular weight excluding hydrogens is 1110 g/mol. The van der Waals surface area contributed by atoms with Crippen molar-refractivity contribution >= 4 is 63.5 Å². The Bertz CT molecular complexity index is 2770. The Kier molecular flexibility index (Phi) is 27.0. The number of carbonyl (C=O) groups excluding carboxylic acids is 4. The third-order valence-corrected chi connectivity index (χ3v) is 15.4. The Balaban J connectivity index is 0.000000304. The number of alkyl halides is 3. The van der Waals surface area contributed by atoms with Gasteiger partial charge in [0.25, 0.3) is 5.91 Å². The third-order valence-electron chi connectivity index (χ3n) is 14.1. The zero-order valence-electron chi connectivity index (χ0n) is 49.0. The van der Waals surface area contributed by atoms with Crippen LogP contribution in [0.25, 0.3) is 10.4 Å². The number of hydrogen-bond donors (Lipinski definition) is 2. The fourth-order valence-corrected chi connectivity index (χ4v) is 10.7. The van der Waals surface area contributed by atoms with Crippen molar-refractivity contribution in [3.8, 4) is 22.3 Å². The highest BCUT2D eigenvalue weighted by Gasteiger charge is 2.51. The molecule has 2 saturated heterocycles. The van der Waals surface area contributed by atoms with Crippen LogP contribution in [0.3, 0.4) is 0 Å². The maximum atomic E-state index is 13.8. The van der Waals surface area contributed by atoms with Gasteiger partial charge in [0.15, 0.2) is 10.9 Å². The number of unbranched alkanes of at least 4 members (excludes halogenated alkanes) is 4. The van der Waals surface area contributed by atoms with Crippen LogP contribution in [0.4, 0.5) is 24.5 Å². The molecule has 3 amide bonds. The number of benzene rings is 3. The van der Waals surface area contributed by atoms with Crippen LogP contribution in [-0.4, -0.2) is 141 Å². The fourth-order valence-electron chi connectivity index (χ4n) is 9.40. The zero-order chi connectivity index (χ0) is 60.7. The predicted molar refractivity (Wildman–Crippen MR) is 316 cm³/mol. The number of likely N-dealkylation sites (tertiary alicyclic amines) is 1. The number of Topliss-reactive ketones (excluding diaryl/α,β-unsaturated/α-hetero) is 1. The highest BCUT2D eigenvalue weighted by atomic mass is 32.1. The first-order valence-electron chi connectivity index (χ1n) is 28.1. The minimum absolute atomic E-state index is 0.00616. The Hall–Kier alpha value is -5.90. The number of thiazole rings is 1. The quantitative estimate of drug-likeness (QED) is 0.0356. The molecule has 0 spiro atoms. The van der Waals surface area contributed by atoms with Crippen LogP contribution >= 0.6 is 23.6 Å². The van der Waals surface area contributed by atoms with Crippen LogP contribution in [0.5, 0.6) is 5.75 Å². The molecule has 4 aromatic rings. The van der Waals surface area contributed by atoms with E-state index in [1.165, 1.54) is 11.0 Å². The molecule has 0 radical (unpaired) electrons. The number of thiocarbonyl (C=S) groups is 1. The maximum absolute atomic E-state index is 13.8. The van der Waals surface area contributed by atoms with E-state index in [0.29, 0.717) is 70.8 Å². The monoisotopic (exact) mass is 1190 g/mol. The van der Waals surface area contributed by atoms with E-state index in [1.54, 1.807) is 67.5 Å². The van der Waals surface area contributed by atoms with Crippen LogP contribution in [0, 0.1) is 29.6 Å². The Morgan fingerprint density at radius 1 is 0.867 bits per heavy atom. The van der Waals surface area contributed by atoms with Gasteiger partial charge in [-0.05, 0) is 118 Å². The van der Waals surface area contributed by atoms with E-state index < -0.39 is 52.2 Å². The average molecular weight is 1200 g/mol. The van der Waals surface area contributed by atoms with Gasteiger partial charge in [-0.2, -0.15) is 18.4 Å². The number of aryl methyl sites for hydroxylation is 1. The molecule has 3 atom stereocenters. The summed E-state index contributed by atoms with van der Waals surface area (Å²) in [6, 6.07) is 18.7. The van der Waals surface area contributed by atoms with E-state index in [1.807, 2.05) is 57.5 Å². The first-order valence-corrected chi connectivity index (χ1v) is 29.4. The lowest BCUT2D eigenvalue weighted by molar-refractivity contribution is -0.146. The number of β-amino-alcohol motifs (C(OH)–C–C–N with tert-alkyl or cyclic N) is 1. The van der Waals surface area contributed by atoms with Gasteiger partial charge in [0, 0.05) is 64.5 Å². The summed E-state index contributed by atoms with van der Waals surface area (Å²) in [5.74, 6) is -1.35. The molecule has 0 saturated carbocycles. The second-order valence-electron chi connectivity index (χ2n) is 21.9. The highest BCUT2D eigenvalue weighted by molar-refractivity contribution is 7.81. The minimum atomic E-state index is -4.76. The molecular formula is C61H81F3N6O11S2. The zero-order valence-corrected chi connectivity index (χ0v) is 50.7. The van der Waals surface area contributed by atoms with Crippen molar-refractivity contribution in [1.29, 1.82) is 5.26 Å². The van der Waals surface area contributed by atoms with Gasteiger partial charge in [-0.15, -0.1) is 11.3 Å². The molecule has 1 aromatic heterocycles. The van der Waals surface area contributed by atoms with Crippen molar-refractivity contribution in [1.82, 2.24) is 15.2 Å². The highest BCUT2D eigenvalue weighted by Crippen LogP contribution is 2.40. The maximum Gasteiger partial charge on any atom is 0.417 e. The van der Waals surface area contributed by atoms with Gasteiger partial charge in [0.05, 0.1) is 78.1 Å². The fraction of sp³-hybridized carbons (Fsp3) is 0.557. The number of halogens is 3. The van der Waals surface area contributed by atoms with E-state index in [4.69, 9.17) is 45.9 Å². The number of aliphatic hydroxyl groups excluding tert-OH is 1. The van der Waals surface area contributed by atoms with Crippen LogP contribution in [0.2, 0.25) is 0 Å². The van der Waals surface area contributed by atoms with Crippen molar-refractivity contribution in [2.24, 2.45) is 11.3 Å². The van der Waals surface area contributed by atoms with Crippen molar-refractivity contribution in [3.05, 3.63) is 94.6 Å². The summed E-state index contributed by atoms with van der Waals surface area (Å²) < 4.78 is 73.4. The van der Waals surface area contributed by atoms with Crippen molar-refractivity contribution in [2.45, 2.75) is 130 Å². The number of anilines is 2. The summed E-state index contributed by atoms with van der Waals surface area (Å²) in [7, 11) is 1.69. The van der Waals surface area contributed by atoms with Crippen molar-refractivity contribution in [3.63, 3.8) is 0 Å². The molecule has 6 rings (SSSR count). The number of hydrogen-bond acceptors (Lipinski definition) is 15. The Labute approximate surface area is 495 Å². The minimum Gasteiger partial charge on any atom is -0.491 e. The second-order valence-corrected chi connectivity index (χ2v) is 23.1. The van der Waals surface area contributed by atoms with Gasteiger partial charge in [-0.3, -0.25) is 24.1 Å². The molecule has 3 aromatic carbocycles. The second kappa shape index (κ2) is 33.0. The number of amides is 3. The van der Waals surface area contributed by atoms with Gasteiger partial charge >= 0.3 is 6.18 Å². The number of aromatic nitrogens is 1. The number of nitrogens with zero attached hydrogens (tertiary/aromatic N) is 5. The molecule has 22 heteroatoms. The van der Waals surface area contributed by atoms with Crippen LogP contribution < -0.4 is 19.9 Å². The van der Waals surface area contributed by atoms with Crippen LogP contribution in [0.1, 0.15) is 115 Å². The summed E-state index contributed by atoms with van der Waals surface area (Å²) in [6.07, 6.45) is 0.948. The van der Waals surface area contributed by atoms with Crippen LogP contribution in [0.15, 0.2) is 72.2 Å². The number of nitrogens with one attached hydrogen (secondary N) is 1. The Morgan fingerprint density at radius 2 is 1.48 bits per heavy atom. The molecule has 0 unspecified atom stereocenters. The molecule has 17 nitrogen and oxygen atoms in total. The number of carbonyl (C=O) groups is 4. The van der Waals surface area contributed by atoms with Crippen LogP contribution in [-0.2, 0) is 55.6 Å². The molecule has 3 heterocycles. The summed E-state index contributed by atoms with van der Waals surface area (Å²) >= 11 is 7.15. The van der Waals surface area contributed by atoms with Crippen molar-refractivity contribution in [2.75, 3.05) is 89.5 Å². The normalized spacial score (nSPS) is 16.4. The first-order chi connectivity index (χ1) is 39.5. The van der Waals surface area contributed by atoms with Gasteiger partial charge < -0.3 is 48.6 Å².